The van der Waals surface area contributed by atoms with Gasteiger partial charge < -0.3 is 25.0 Å². The Balaban J connectivity index is 0.000000231. The number of aryl methyl sites for hydroxylation is 3. The molecule has 1 aliphatic heterocycles. The van der Waals surface area contributed by atoms with E-state index < -0.39 is 0 Å². The zero-order chi connectivity index (χ0) is 30.5. The second-order valence-corrected chi connectivity index (χ2v) is 10.8. The molecule has 44 heavy (non-hydrogen) atoms. The Bertz CT molecular complexity index is 1840. The van der Waals surface area contributed by atoms with E-state index in [1.165, 1.54) is 27.8 Å². The quantitative estimate of drug-likeness (QED) is 0.176. The van der Waals surface area contributed by atoms with Gasteiger partial charge in [0.1, 0.15) is 0 Å². The number of allylic oxidation sites excluding steroid dienone is 1. The van der Waals surface area contributed by atoms with Gasteiger partial charge in [0.05, 0.1) is 11.6 Å². The maximum Gasteiger partial charge on any atom is 4.00 e. The number of nitrogens with zero attached hydrogens (tertiary/aromatic N) is 5. The number of aromatic nitrogens is 1. The van der Waals surface area contributed by atoms with Gasteiger partial charge in [-0.1, -0.05) is 54.1 Å². The summed E-state index contributed by atoms with van der Waals surface area (Å²) in [5.41, 5.74) is 10.9. The van der Waals surface area contributed by atoms with E-state index >= 15 is 0 Å². The van der Waals surface area contributed by atoms with Crippen molar-refractivity contribution >= 4 is 33.2 Å². The van der Waals surface area contributed by atoms with Crippen LogP contribution in [0.25, 0.3) is 32.9 Å². The van der Waals surface area contributed by atoms with Gasteiger partial charge in [-0.25, -0.2) is 0 Å². The van der Waals surface area contributed by atoms with Gasteiger partial charge in [-0.3, -0.25) is 0 Å². The van der Waals surface area contributed by atoms with Gasteiger partial charge in [0.25, 0.3) is 0 Å². The predicted octanol–water partition coefficient (Wildman–Crippen LogP) is 8.24. The molecule has 5 aromatic rings. The molecule has 0 saturated heterocycles. The molecule has 7 heteroatoms. The second kappa shape index (κ2) is 14.3. The Hall–Kier alpha value is -4.46. The number of nitrogens with one attached hydrogen (secondary N) is 1. The Morgan fingerprint density at radius 2 is 1.70 bits per heavy atom. The van der Waals surface area contributed by atoms with Crippen molar-refractivity contribution in [3.8, 4) is 17.2 Å². The summed E-state index contributed by atoms with van der Waals surface area (Å²) in [6.07, 6.45) is 8.08. The minimum atomic E-state index is 0. The molecule has 224 valence electrons. The molecule has 0 aliphatic carbocycles. The molecule has 4 aromatic carbocycles. The third-order valence-corrected chi connectivity index (χ3v) is 7.24. The number of hydrogen-bond donors (Lipinski definition) is 1. The number of anilines is 2. The van der Waals surface area contributed by atoms with Gasteiger partial charge in [0.2, 0.25) is 0 Å². The van der Waals surface area contributed by atoms with Crippen LogP contribution in [0.4, 0.5) is 11.4 Å². The molecule has 1 aromatic heterocycles. The fourth-order valence-electron chi connectivity index (χ4n) is 5.44. The number of benzene rings is 4. The Kier molecular flexibility index (Phi) is 10.6. The van der Waals surface area contributed by atoms with Gasteiger partial charge in [0.15, 0.2) is 0 Å². The van der Waals surface area contributed by atoms with Crippen molar-refractivity contribution < 1.29 is 21.1 Å². The van der Waals surface area contributed by atoms with Crippen molar-refractivity contribution in [2.24, 2.45) is 0 Å². The number of hydrogen-bond acceptors (Lipinski definition) is 5. The van der Waals surface area contributed by atoms with Crippen molar-refractivity contribution in [1.82, 2.24) is 14.8 Å². The standard InChI is InChI=1S/C24H29N4.C13H7N2.Pt/c1-7-8-26(5)16-25-22-13-21(24-19(3)11-18(2)12-20(24)4)14-23(15-22)28-10-9-27(6)17-28;14-8-9-5-6-13-11(7-9)10-3-1-2-4-12(10)15-13;/h7-14,16-17,25H,1-6H3;1-7H;/q-3;-1;+4/b8-7-;;. The minimum Gasteiger partial charge on any atom is -0.657 e. The van der Waals surface area contributed by atoms with E-state index in [0.29, 0.717) is 5.56 Å². The van der Waals surface area contributed by atoms with Gasteiger partial charge >= 0.3 is 21.1 Å². The Labute approximate surface area is 275 Å². The molecule has 0 bridgehead atoms. The number of rotatable bonds is 6. The average Bonchev–Trinajstić information content (AvgIpc) is 3.59. The van der Waals surface area contributed by atoms with E-state index in [1.807, 2.05) is 105 Å². The minimum absolute atomic E-state index is 0. The zero-order valence-electron chi connectivity index (χ0n) is 25.9. The third-order valence-electron chi connectivity index (χ3n) is 7.24. The largest absolute Gasteiger partial charge is 4.00 e. The molecule has 0 atom stereocenters. The Morgan fingerprint density at radius 1 is 0.977 bits per heavy atom. The van der Waals surface area contributed by atoms with Crippen LogP contribution in [0.1, 0.15) is 29.2 Å². The molecule has 6 nitrogen and oxygen atoms in total. The molecule has 1 aliphatic rings. The van der Waals surface area contributed by atoms with Gasteiger partial charge in [-0.2, -0.15) is 18.6 Å². The first-order valence-electron chi connectivity index (χ1n) is 14.2. The first-order valence-corrected chi connectivity index (χ1v) is 14.2. The van der Waals surface area contributed by atoms with E-state index in [1.54, 1.807) is 6.07 Å². The molecular weight excluding hydrogens is 724 g/mol. The summed E-state index contributed by atoms with van der Waals surface area (Å²) in [5, 5.41) is 14.4. The molecule has 0 fully saturated rings. The zero-order valence-corrected chi connectivity index (χ0v) is 28.1. The van der Waals surface area contributed by atoms with Crippen LogP contribution in [0.3, 0.4) is 0 Å². The molecule has 0 radical (unpaired) electrons. The molecule has 0 unspecified atom stereocenters. The van der Waals surface area contributed by atoms with Gasteiger partial charge in [-0.15, -0.1) is 46.2 Å². The molecule has 0 spiro atoms. The SMILES string of the molecule is C/C=C\N(C)[CH-]Nc1[c-]c(N2C=CN(C)[CH-]2)cc(-c2c(C)cc(C)cc2C)c1.N#Cc1ccc2[n-]c3ccccc3c2c1.[Pt+4]. The van der Waals surface area contributed by atoms with Crippen LogP contribution in [0.2, 0.25) is 0 Å². The molecule has 0 saturated carbocycles. The first kappa shape index (κ1) is 32.5. The van der Waals surface area contributed by atoms with Crippen LogP contribution in [-0.2, 0) is 21.1 Å². The van der Waals surface area contributed by atoms with E-state index in [4.69, 9.17) is 5.26 Å². The summed E-state index contributed by atoms with van der Waals surface area (Å²) in [5.74, 6) is 0. The third kappa shape index (κ3) is 7.36. The summed E-state index contributed by atoms with van der Waals surface area (Å²) < 4.78 is 0. The average molecular weight is 760 g/mol. The number of nitriles is 1. The molecule has 6 rings (SSSR count). The monoisotopic (exact) mass is 759 g/mol. The smallest absolute Gasteiger partial charge is 0.657 e. The normalized spacial score (nSPS) is 12.3. The Morgan fingerprint density at radius 3 is 2.39 bits per heavy atom. The van der Waals surface area contributed by atoms with E-state index in [0.717, 1.165) is 33.2 Å². The molecule has 1 N–H and O–H groups in total. The van der Waals surface area contributed by atoms with Gasteiger partial charge in [0, 0.05) is 0 Å². The summed E-state index contributed by atoms with van der Waals surface area (Å²) in [4.78, 5) is 10.6. The second-order valence-electron chi connectivity index (χ2n) is 10.8. The van der Waals surface area contributed by atoms with Crippen LogP contribution in [0, 0.1) is 51.5 Å². The molecule has 2 heterocycles. The summed E-state index contributed by atoms with van der Waals surface area (Å²) in [7, 11) is 4.02. The van der Waals surface area contributed by atoms with Crippen molar-refractivity contribution in [2.45, 2.75) is 27.7 Å². The van der Waals surface area contributed by atoms with Crippen LogP contribution >= 0.6 is 0 Å². The van der Waals surface area contributed by atoms with Crippen LogP contribution in [0.5, 0.6) is 0 Å². The predicted molar refractivity (Wildman–Crippen MR) is 179 cm³/mol. The summed E-state index contributed by atoms with van der Waals surface area (Å²) >= 11 is 0. The maximum atomic E-state index is 8.84. The number of fused-ring (bicyclic) bond motifs is 3. The van der Waals surface area contributed by atoms with E-state index in [-0.39, 0.29) is 21.1 Å². The van der Waals surface area contributed by atoms with Crippen LogP contribution in [0.15, 0.2) is 91.4 Å². The molecule has 0 amide bonds. The first-order chi connectivity index (χ1) is 20.7. The fraction of sp³-hybridized carbons (Fsp3) is 0.162. The fourth-order valence-corrected chi connectivity index (χ4v) is 5.44. The molecular formula is C37H36N6Pt. The van der Waals surface area contributed by atoms with Gasteiger partial charge in [-0.05, 0) is 100.0 Å². The summed E-state index contributed by atoms with van der Waals surface area (Å²) in [6.45, 7) is 12.5. The van der Waals surface area contributed by atoms with Crippen LogP contribution < -0.4 is 15.2 Å². The van der Waals surface area contributed by atoms with Crippen molar-refractivity contribution in [1.29, 1.82) is 5.26 Å². The summed E-state index contributed by atoms with van der Waals surface area (Å²) in [6, 6.07) is 28.1. The van der Waals surface area contributed by atoms with E-state index in [9.17, 15) is 0 Å². The van der Waals surface area contributed by atoms with E-state index in [2.05, 4.69) is 72.4 Å². The van der Waals surface area contributed by atoms with Crippen LogP contribution in [-0.4, -0.2) is 23.9 Å². The number of para-hydroxylation sites is 1. The maximum absolute atomic E-state index is 8.84. The van der Waals surface area contributed by atoms with Crippen molar-refractivity contribution in [3.05, 3.63) is 133 Å². The van der Waals surface area contributed by atoms with Crippen molar-refractivity contribution in [3.63, 3.8) is 0 Å². The topological polar surface area (TPSA) is 59.6 Å². The van der Waals surface area contributed by atoms with Crippen molar-refractivity contribution in [2.75, 3.05) is 24.3 Å².